The molecule has 2 aromatic carbocycles. The lowest BCUT2D eigenvalue weighted by Crippen LogP contribution is -2.39. The van der Waals surface area contributed by atoms with Gasteiger partial charge >= 0.3 is 0 Å². The highest BCUT2D eigenvalue weighted by Gasteiger charge is 2.22. The molecule has 0 saturated carbocycles. The van der Waals surface area contributed by atoms with Crippen molar-refractivity contribution in [3.63, 3.8) is 0 Å². The molecule has 0 heterocycles. The first kappa shape index (κ1) is 19.3. The number of nitrogens with zero attached hydrogens (tertiary/aromatic N) is 2. The summed E-state index contributed by atoms with van der Waals surface area (Å²) in [5.74, 6) is -0.718. The van der Waals surface area contributed by atoms with Crippen LogP contribution in [0.5, 0.6) is 5.75 Å². The molecule has 0 aliphatic carbocycles. The minimum Gasteiger partial charge on any atom is -0.494 e. The van der Waals surface area contributed by atoms with Crippen molar-refractivity contribution < 1.29 is 18.8 Å². The Kier molecular flexibility index (Phi) is 6.24. The maximum atomic E-state index is 13.8. The number of carbonyl (C=O) groups excluding carboxylic acids is 1. The van der Waals surface area contributed by atoms with Crippen LogP contribution < -0.4 is 10.1 Å². The van der Waals surface area contributed by atoms with Gasteiger partial charge in [0.25, 0.3) is 5.69 Å². The molecule has 7 nitrogen and oxygen atoms in total. The topological polar surface area (TPSA) is 84.7 Å². The molecule has 2 rings (SSSR count). The van der Waals surface area contributed by atoms with E-state index in [1.807, 2.05) is 0 Å². The Morgan fingerprint density at radius 3 is 2.65 bits per heavy atom. The molecule has 0 bridgehead atoms. The lowest BCUT2D eigenvalue weighted by molar-refractivity contribution is -0.383. The molecule has 0 aliphatic heterocycles. The summed E-state index contributed by atoms with van der Waals surface area (Å²) in [7, 11) is 3.10. The highest BCUT2D eigenvalue weighted by Crippen LogP contribution is 2.24. The first-order chi connectivity index (χ1) is 12.3. The fourth-order valence-electron chi connectivity index (χ4n) is 2.41. The van der Waals surface area contributed by atoms with Crippen LogP contribution in [0.2, 0.25) is 0 Å². The summed E-state index contributed by atoms with van der Waals surface area (Å²) in [6.07, 6.45) is 0. The van der Waals surface area contributed by atoms with Crippen molar-refractivity contribution in [2.45, 2.75) is 19.5 Å². The van der Waals surface area contributed by atoms with E-state index in [1.54, 1.807) is 31.0 Å². The lowest BCUT2D eigenvalue weighted by atomic mass is 10.1. The second kappa shape index (κ2) is 8.39. The molecule has 138 valence electrons. The molecule has 0 aromatic heterocycles. The molecule has 0 spiro atoms. The van der Waals surface area contributed by atoms with Crippen LogP contribution in [0.4, 0.5) is 15.8 Å². The van der Waals surface area contributed by atoms with Gasteiger partial charge in [-0.3, -0.25) is 19.8 Å². The molecule has 8 heteroatoms. The van der Waals surface area contributed by atoms with E-state index in [2.05, 4.69) is 5.32 Å². The molecular weight excluding hydrogens is 341 g/mol. The van der Waals surface area contributed by atoms with E-state index in [9.17, 15) is 19.3 Å². The van der Waals surface area contributed by atoms with Gasteiger partial charge in [0.15, 0.2) is 11.6 Å². The number of rotatable bonds is 7. The molecule has 0 saturated heterocycles. The normalized spacial score (nSPS) is 11.9. The first-order valence-electron chi connectivity index (χ1n) is 7.90. The third-order valence-electron chi connectivity index (χ3n) is 4.05. The highest BCUT2D eigenvalue weighted by atomic mass is 19.1. The first-order valence-corrected chi connectivity index (χ1v) is 7.90. The number of likely N-dealkylation sites (N-methyl/N-ethyl adjacent to an activating group) is 1. The zero-order valence-electron chi connectivity index (χ0n) is 14.7. The van der Waals surface area contributed by atoms with Crippen LogP contribution in [-0.2, 0) is 11.3 Å². The third-order valence-corrected chi connectivity index (χ3v) is 4.05. The van der Waals surface area contributed by atoms with Crippen molar-refractivity contribution in [3.8, 4) is 5.75 Å². The summed E-state index contributed by atoms with van der Waals surface area (Å²) in [5.41, 5.74) is 0.641. The predicted molar refractivity (Wildman–Crippen MR) is 95.6 cm³/mol. The van der Waals surface area contributed by atoms with Crippen molar-refractivity contribution in [3.05, 3.63) is 64.0 Å². The summed E-state index contributed by atoms with van der Waals surface area (Å²) in [6.45, 7) is 2.00. The number of carbonyl (C=O) groups is 1. The van der Waals surface area contributed by atoms with Gasteiger partial charge in [-0.05, 0) is 37.7 Å². The summed E-state index contributed by atoms with van der Waals surface area (Å²) in [6, 6.07) is 9.94. The Labute approximate surface area is 150 Å². The van der Waals surface area contributed by atoms with Gasteiger partial charge < -0.3 is 10.1 Å². The van der Waals surface area contributed by atoms with E-state index in [0.717, 1.165) is 0 Å². The number of nitrogens with one attached hydrogen (secondary N) is 1. The van der Waals surface area contributed by atoms with Gasteiger partial charge in [-0.15, -0.1) is 0 Å². The molecule has 0 fully saturated rings. The fraction of sp³-hybridized carbons (Fsp3) is 0.278. The highest BCUT2D eigenvalue weighted by molar-refractivity contribution is 5.96. The molecule has 1 amide bonds. The third kappa shape index (κ3) is 4.54. The Balaban J connectivity index is 2.06. The minimum atomic E-state index is -0.583. The summed E-state index contributed by atoms with van der Waals surface area (Å²) in [4.78, 5) is 24.6. The molecule has 1 atom stereocenters. The number of hydrogen-bond donors (Lipinski definition) is 1. The minimum absolute atomic E-state index is 0.137. The van der Waals surface area contributed by atoms with Gasteiger partial charge in [0.1, 0.15) is 5.69 Å². The number of ether oxygens (including phenoxy) is 1. The second-order valence-electron chi connectivity index (χ2n) is 5.82. The molecule has 0 aliphatic rings. The van der Waals surface area contributed by atoms with Crippen LogP contribution in [0, 0.1) is 15.9 Å². The van der Waals surface area contributed by atoms with E-state index >= 15 is 0 Å². The zero-order chi connectivity index (χ0) is 19.3. The predicted octanol–water partition coefficient (Wildman–Crippen LogP) is 3.20. The van der Waals surface area contributed by atoms with Crippen LogP contribution in [0.15, 0.2) is 42.5 Å². The van der Waals surface area contributed by atoms with Gasteiger partial charge in [-0.2, -0.15) is 0 Å². The number of hydrogen-bond acceptors (Lipinski definition) is 5. The van der Waals surface area contributed by atoms with Crippen LogP contribution in [0.3, 0.4) is 0 Å². The van der Waals surface area contributed by atoms with Crippen LogP contribution >= 0.6 is 0 Å². The molecule has 1 unspecified atom stereocenters. The Bertz CT molecular complexity index is 813. The Hall–Kier alpha value is -3.00. The quantitative estimate of drug-likeness (QED) is 0.605. The number of methoxy groups -OCH3 is 1. The van der Waals surface area contributed by atoms with Gasteiger partial charge in [-0.25, -0.2) is 4.39 Å². The van der Waals surface area contributed by atoms with E-state index in [4.69, 9.17) is 4.74 Å². The van der Waals surface area contributed by atoms with Crippen LogP contribution in [-0.4, -0.2) is 35.9 Å². The van der Waals surface area contributed by atoms with Crippen molar-refractivity contribution in [1.82, 2.24) is 4.90 Å². The van der Waals surface area contributed by atoms with E-state index in [0.29, 0.717) is 12.1 Å². The zero-order valence-corrected chi connectivity index (χ0v) is 14.7. The molecule has 0 radical (unpaired) electrons. The number of para-hydroxylation sites is 2. The number of benzene rings is 2. The molecule has 1 N–H and O–H groups in total. The second-order valence-corrected chi connectivity index (χ2v) is 5.82. The van der Waals surface area contributed by atoms with E-state index in [1.165, 1.54) is 37.4 Å². The standard InChI is InChI=1S/C18H20FN3O4/c1-12(18(23)20-15-6-4-5-7-16(15)22(24)25)21(2)11-13-8-9-17(26-3)14(19)10-13/h4-10,12H,11H2,1-3H3,(H,20,23). The number of nitro benzene ring substituents is 1. The summed E-state index contributed by atoms with van der Waals surface area (Å²) >= 11 is 0. The van der Waals surface area contributed by atoms with Gasteiger partial charge in [0.05, 0.1) is 18.1 Å². The SMILES string of the molecule is COc1ccc(CN(C)C(C)C(=O)Nc2ccccc2[N+](=O)[O-])cc1F. The van der Waals surface area contributed by atoms with Crippen LogP contribution in [0.1, 0.15) is 12.5 Å². The Morgan fingerprint density at radius 1 is 1.35 bits per heavy atom. The lowest BCUT2D eigenvalue weighted by Gasteiger charge is -2.24. The number of anilines is 1. The van der Waals surface area contributed by atoms with Crippen molar-refractivity contribution in [2.24, 2.45) is 0 Å². The van der Waals surface area contributed by atoms with Gasteiger partial charge in [0, 0.05) is 12.6 Å². The fourth-order valence-corrected chi connectivity index (χ4v) is 2.41. The monoisotopic (exact) mass is 361 g/mol. The molecule has 2 aromatic rings. The van der Waals surface area contributed by atoms with Crippen LogP contribution in [0.25, 0.3) is 0 Å². The maximum absolute atomic E-state index is 13.8. The number of nitro groups is 1. The molecular formula is C18H20FN3O4. The van der Waals surface area contributed by atoms with E-state index in [-0.39, 0.29) is 17.1 Å². The largest absolute Gasteiger partial charge is 0.494 e. The van der Waals surface area contributed by atoms with Crippen molar-refractivity contribution >= 4 is 17.3 Å². The van der Waals surface area contributed by atoms with Gasteiger partial charge in [0.2, 0.25) is 5.91 Å². The average molecular weight is 361 g/mol. The molecule has 26 heavy (non-hydrogen) atoms. The van der Waals surface area contributed by atoms with E-state index < -0.39 is 22.7 Å². The van der Waals surface area contributed by atoms with Crippen molar-refractivity contribution in [2.75, 3.05) is 19.5 Å². The Morgan fingerprint density at radius 2 is 2.04 bits per heavy atom. The number of halogens is 1. The smallest absolute Gasteiger partial charge is 0.292 e. The van der Waals surface area contributed by atoms with Gasteiger partial charge in [-0.1, -0.05) is 18.2 Å². The summed E-state index contributed by atoms with van der Waals surface area (Å²) in [5, 5.41) is 13.6. The average Bonchev–Trinajstić information content (AvgIpc) is 2.61. The van der Waals surface area contributed by atoms with Crippen molar-refractivity contribution in [1.29, 1.82) is 0 Å². The summed E-state index contributed by atoms with van der Waals surface area (Å²) < 4.78 is 18.7. The maximum Gasteiger partial charge on any atom is 0.292 e. The number of amides is 1.